The average Bonchev–Trinajstić information content (AvgIpc) is 2.66. The summed E-state index contributed by atoms with van der Waals surface area (Å²) in [5.74, 6) is 2.00. The SMILES string of the molecule is COc1ccc(/C=C(\C)C(=O)c2cc(OC)c(OC)c(OC)c2)cc1. The van der Waals surface area contributed by atoms with Gasteiger partial charge in [-0.25, -0.2) is 0 Å². The van der Waals surface area contributed by atoms with Gasteiger partial charge >= 0.3 is 0 Å². The summed E-state index contributed by atoms with van der Waals surface area (Å²) < 4.78 is 21.0. The minimum atomic E-state index is -0.116. The van der Waals surface area contributed by atoms with Gasteiger partial charge in [-0.1, -0.05) is 12.1 Å². The molecule has 0 saturated heterocycles. The number of ketones is 1. The fraction of sp³-hybridized carbons (Fsp3) is 0.250. The smallest absolute Gasteiger partial charge is 0.203 e. The molecule has 2 aromatic rings. The van der Waals surface area contributed by atoms with Crippen LogP contribution >= 0.6 is 0 Å². The van der Waals surface area contributed by atoms with Crippen LogP contribution in [0.2, 0.25) is 0 Å². The third-order valence-electron chi connectivity index (χ3n) is 3.78. The van der Waals surface area contributed by atoms with E-state index in [-0.39, 0.29) is 5.78 Å². The minimum Gasteiger partial charge on any atom is -0.497 e. The van der Waals surface area contributed by atoms with Crippen LogP contribution in [0.25, 0.3) is 6.08 Å². The predicted molar refractivity (Wildman–Crippen MR) is 97.1 cm³/mol. The third kappa shape index (κ3) is 4.12. The number of ether oxygens (including phenoxy) is 4. The Balaban J connectivity index is 2.36. The third-order valence-corrected chi connectivity index (χ3v) is 3.78. The molecule has 2 aromatic carbocycles. The second-order valence-corrected chi connectivity index (χ2v) is 5.34. The van der Waals surface area contributed by atoms with Crippen LogP contribution in [0.3, 0.4) is 0 Å². The maximum atomic E-state index is 12.8. The van der Waals surface area contributed by atoms with Gasteiger partial charge in [0.05, 0.1) is 28.4 Å². The first-order chi connectivity index (χ1) is 12.0. The molecular formula is C20H22O5. The first-order valence-electron chi connectivity index (χ1n) is 7.71. The van der Waals surface area contributed by atoms with Crippen LogP contribution in [0.4, 0.5) is 0 Å². The van der Waals surface area contributed by atoms with Gasteiger partial charge in [-0.05, 0) is 48.4 Å². The summed E-state index contributed by atoms with van der Waals surface area (Å²) in [5.41, 5.74) is 1.98. The lowest BCUT2D eigenvalue weighted by atomic mass is 10.0. The van der Waals surface area contributed by atoms with E-state index in [1.807, 2.05) is 30.3 Å². The van der Waals surface area contributed by atoms with Crippen molar-refractivity contribution in [1.82, 2.24) is 0 Å². The standard InChI is InChI=1S/C20H22O5/c1-13(10-14-6-8-16(22-2)9-7-14)19(21)15-11-17(23-3)20(25-5)18(12-15)24-4/h6-12H,1-5H3/b13-10+. The van der Waals surface area contributed by atoms with Crippen molar-refractivity contribution in [2.45, 2.75) is 6.92 Å². The summed E-state index contributed by atoms with van der Waals surface area (Å²) in [6, 6.07) is 10.8. The van der Waals surface area contributed by atoms with Crippen molar-refractivity contribution in [3.05, 3.63) is 53.1 Å². The van der Waals surface area contributed by atoms with Crippen molar-refractivity contribution in [3.63, 3.8) is 0 Å². The Bertz CT molecular complexity index is 750. The summed E-state index contributed by atoms with van der Waals surface area (Å²) >= 11 is 0. The summed E-state index contributed by atoms with van der Waals surface area (Å²) in [4.78, 5) is 12.8. The Morgan fingerprint density at radius 1 is 0.840 bits per heavy atom. The quantitative estimate of drug-likeness (QED) is 0.562. The second-order valence-electron chi connectivity index (χ2n) is 5.34. The fourth-order valence-corrected chi connectivity index (χ4v) is 2.46. The van der Waals surface area contributed by atoms with Crippen LogP contribution in [-0.2, 0) is 0 Å². The van der Waals surface area contributed by atoms with Gasteiger partial charge in [0.15, 0.2) is 17.3 Å². The number of carbonyl (C=O) groups excluding carboxylic acids is 1. The molecule has 25 heavy (non-hydrogen) atoms. The molecule has 0 spiro atoms. The highest BCUT2D eigenvalue weighted by atomic mass is 16.5. The lowest BCUT2D eigenvalue weighted by Gasteiger charge is -2.13. The van der Waals surface area contributed by atoms with Gasteiger partial charge in [-0.2, -0.15) is 0 Å². The molecule has 0 unspecified atom stereocenters. The number of carbonyl (C=O) groups is 1. The lowest BCUT2D eigenvalue weighted by Crippen LogP contribution is -2.04. The van der Waals surface area contributed by atoms with Gasteiger partial charge in [0.25, 0.3) is 0 Å². The highest BCUT2D eigenvalue weighted by Gasteiger charge is 2.17. The molecule has 0 aliphatic heterocycles. The van der Waals surface area contributed by atoms with Crippen molar-refractivity contribution >= 4 is 11.9 Å². The number of benzene rings is 2. The van der Waals surface area contributed by atoms with Crippen molar-refractivity contribution in [2.75, 3.05) is 28.4 Å². The molecule has 5 nitrogen and oxygen atoms in total. The molecule has 0 fully saturated rings. The van der Waals surface area contributed by atoms with E-state index < -0.39 is 0 Å². The Morgan fingerprint density at radius 2 is 1.40 bits per heavy atom. The molecule has 0 aliphatic carbocycles. The second kappa shape index (κ2) is 8.24. The number of hydrogen-bond donors (Lipinski definition) is 0. The van der Waals surface area contributed by atoms with Crippen LogP contribution in [0.1, 0.15) is 22.8 Å². The Morgan fingerprint density at radius 3 is 1.84 bits per heavy atom. The van der Waals surface area contributed by atoms with Crippen LogP contribution in [0, 0.1) is 0 Å². The van der Waals surface area contributed by atoms with Crippen molar-refractivity contribution in [3.8, 4) is 23.0 Å². The van der Waals surface area contributed by atoms with Gasteiger partial charge in [0.2, 0.25) is 5.75 Å². The fourth-order valence-electron chi connectivity index (χ4n) is 2.46. The van der Waals surface area contributed by atoms with E-state index in [0.29, 0.717) is 28.4 Å². The van der Waals surface area contributed by atoms with Crippen molar-refractivity contribution < 1.29 is 23.7 Å². The van der Waals surface area contributed by atoms with Crippen LogP contribution < -0.4 is 18.9 Å². The topological polar surface area (TPSA) is 54.0 Å². The molecule has 0 bridgehead atoms. The molecule has 2 rings (SSSR count). The van der Waals surface area contributed by atoms with E-state index in [1.165, 1.54) is 21.3 Å². The van der Waals surface area contributed by atoms with E-state index >= 15 is 0 Å². The molecule has 0 N–H and O–H groups in total. The summed E-state index contributed by atoms with van der Waals surface area (Å²) in [6.07, 6.45) is 1.82. The molecule has 0 saturated carbocycles. The van der Waals surface area contributed by atoms with E-state index in [4.69, 9.17) is 18.9 Å². The molecule has 0 radical (unpaired) electrons. The average molecular weight is 342 g/mol. The van der Waals surface area contributed by atoms with E-state index in [0.717, 1.165) is 11.3 Å². The zero-order valence-electron chi connectivity index (χ0n) is 15.1. The van der Waals surface area contributed by atoms with Gasteiger partial charge < -0.3 is 18.9 Å². The molecule has 0 atom stereocenters. The van der Waals surface area contributed by atoms with Crippen LogP contribution in [0.15, 0.2) is 42.0 Å². The Labute approximate surface area is 147 Å². The zero-order valence-corrected chi connectivity index (χ0v) is 15.1. The predicted octanol–water partition coefficient (Wildman–Crippen LogP) is 4.01. The van der Waals surface area contributed by atoms with E-state index in [1.54, 1.807) is 26.2 Å². The number of Topliss-reactive ketones (excluding diaryl/α,β-unsaturated/α-hetero) is 1. The minimum absolute atomic E-state index is 0.116. The summed E-state index contributed by atoms with van der Waals surface area (Å²) in [6.45, 7) is 1.77. The first-order valence-corrected chi connectivity index (χ1v) is 7.71. The molecule has 0 heterocycles. The molecule has 0 aromatic heterocycles. The highest BCUT2D eigenvalue weighted by molar-refractivity contribution is 6.11. The maximum absolute atomic E-state index is 12.8. The molecule has 0 aliphatic rings. The maximum Gasteiger partial charge on any atom is 0.203 e. The van der Waals surface area contributed by atoms with Crippen LogP contribution in [-0.4, -0.2) is 34.2 Å². The molecule has 132 valence electrons. The number of hydrogen-bond acceptors (Lipinski definition) is 5. The summed E-state index contributed by atoms with van der Waals surface area (Å²) in [5, 5.41) is 0. The monoisotopic (exact) mass is 342 g/mol. The van der Waals surface area contributed by atoms with Gasteiger partial charge in [-0.3, -0.25) is 4.79 Å². The summed E-state index contributed by atoms with van der Waals surface area (Å²) in [7, 11) is 6.18. The number of allylic oxidation sites excluding steroid dienone is 1. The van der Waals surface area contributed by atoms with Gasteiger partial charge in [0.1, 0.15) is 5.75 Å². The normalized spacial score (nSPS) is 11.0. The molecule has 0 amide bonds. The lowest BCUT2D eigenvalue weighted by molar-refractivity contribution is 0.103. The van der Waals surface area contributed by atoms with Crippen LogP contribution in [0.5, 0.6) is 23.0 Å². The number of rotatable bonds is 7. The highest BCUT2D eigenvalue weighted by Crippen LogP contribution is 2.38. The van der Waals surface area contributed by atoms with Crippen molar-refractivity contribution in [2.24, 2.45) is 0 Å². The van der Waals surface area contributed by atoms with E-state index in [2.05, 4.69) is 0 Å². The molecular weight excluding hydrogens is 320 g/mol. The van der Waals surface area contributed by atoms with E-state index in [9.17, 15) is 4.79 Å². The van der Waals surface area contributed by atoms with Crippen molar-refractivity contribution in [1.29, 1.82) is 0 Å². The Kier molecular flexibility index (Phi) is 6.06. The number of methoxy groups -OCH3 is 4. The van der Waals surface area contributed by atoms with Gasteiger partial charge in [0, 0.05) is 5.56 Å². The van der Waals surface area contributed by atoms with Gasteiger partial charge in [-0.15, -0.1) is 0 Å². The Hall–Kier alpha value is -2.95. The molecule has 5 heteroatoms. The first kappa shape index (κ1) is 18.4. The largest absolute Gasteiger partial charge is 0.497 e. The zero-order chi connectivity index (χ0) is 18.4.